The highest BCUT2D eigenvalue weighted by Crippen LogP contribution is 2.43. The van der Waals surface area contributed by atoms with Crippen molar-refractivity contribution < 1.29 is 14.0 Å². The topological polar surface area (TPSA) is 70.5 Å². The molecule has 0 saturated heterocycles. The van der Waals surface area contributed by atoms with Crippen LogP contribution >= 0.6 is 15.9 Å². The maximum Gasteiger partial charge on any atom is 0.222 e. The largest absolute Gasteiger partial charge is 0.493 e. The van der Waals surface area contributed by atoms with Gasteiger partial charge in [0.15, 0.2) is 11.5 Å². The number of aromatic nitrogens is 1. The number of hydrogen-bond acceptors (Lipinski definition) is 5. The van der Waals surface area contributed by atoms with Gasteiger partial charge in [-0.25, -0.2) is 0 Å². The summed E-state index contributed by atoms with van der Waals surface area (Å²) in [4.78, 5) is 0. The Morgan fingerprint density at radius 2 is 1.89 bits per heavy atom. The molecule has 0 atom stereocenters. The third-order valence-corrected chi connectivity index (χ3v) is 3.46. The number of nitrogens with zero attached hydrogens (tertiary/aromatic N) is 1. The van der Waals surface area contributed by atoms with Crippen molar-refractivity contribution >= 4 is 21.8 Å². The Bertz CT molecular complexity index is 581. The molecule has 1 aromatic carbocycles. The van der Waals surface area contributed by atoms with Crippen molar-refractivity contribution in [3.05, 3.63) is 22.2 Å². The molecule has 0 aliphatic rings. The minimum Gasteiger partial charge on any atom is -0.493 e. The minimum absolute atomic E-state index is 0.253. The average Bonchev–Trinajstić information content (AvgIpc) is 2.78. The number of ether oxygens (including phenoxy) is 2. The Morgan fingerprint density at radius 1 is 1.22 bits per heavy atom. The van der Waals surface area contributed by atoms with E-state index in [2.05, 4.69) is 21.1 Å². The van der Waals surface area contributed by atoms with Crippen LogP contribution in [0.4, 0.5) is 5.88 Å². The molecular formula is C12H13BrN2O3. The molecule has 0 unspecified atom stereocenters. The number of halogens is 1. The molecule has 0 aliphatic carbocycles. The fourth-order valence-electron chi connectivity index (χ4n) is 1.76. The van der Waals surface area contributed by atoms with Crippen LogP contribution in [-0.2, 0) is 0 Å². The van der Waals surface area contributed by atoms with E-state index >= 15 is 0 Å². The third-order valence-electron chi connectivity index (χ3n) is 2.63. The molecule has 2 N–H and O–H groups in total. The van der Waals surface area contributed by atoms with Gasteiger partial charge in [0.1, 0.15) is 5.69 Å². The number of nitrogen functional groups attached to an aromatic ring is 1. The maximum absolute atomic E-state index is 5.53. The molecule has 0 bridgehead atoms. The highest BCUT2D eigenvalue weighted by atomic mass is 79.9. The summed E-state index contributed by atoms with van der Waals surface area (Å²) in [5.41, 5.74) is 7.84. The Labute approximate surface area is 113 Å². The molecule has 18 heavy (non-hydrogen) atoms. The zero-order chi connectivity index (χ0) is 13.3. The van der Waals surface area contributed by atoms with E-state index < -0.39 is 0 Å². The van der Waals surface area contributed by atoms with Crippen molar-refractivity contribution in [1.29, 1.82) is 0 Å². The predicted octanol–water partition coefficient (Wildman–Crippen LogP) is 3.01. The Morgan fingerprint density at radius 3 is 2.39 bits per heavy atom. The zero-order valence-electron chi connectivity index (χ0n) is 10.3. The average molecular weight is 313 g/mol. The first-order valence-corrected chi connectivity index (χ1v) is 6.01. The van der Waals surface area contributed by atoms with Gasteiger partial charge in [-0.3, -0.25) is 0 Å². The lowest BCUT2D eigenvalue weighted by molar-refractivity contribution is 0.353. The molecule has 0 saturated carbocycles. The lowest BCUT2D eigenvalue weighted by Crippen LogP contribution is -1.97. The molecule has 0 spiro atoms. The van der Waals surface area contributed by atoms with Gasteiger partial charge < -0.3 is 19.7 Å². The van der Waals surface area contributed by atoms with E-state index in [1.54, 1.807) is 20.3 Å². The molecule has 0 radical (unpaired) electrons. The fraction of sp³-hybridized carbons (Fsp3) is 0.250. The van der Waals surface area contributed by atoms with Crippen LogP contribution in [0.25, 0.3) is 11.3 Å². The van der Waals surface area contributed by atoms with Gasteiger partial charge in [-0.1, -0.05) is 21.1 Å². The number of methoxy groups -OCH3 is 2. The summed E-state index contributed by atoms with van der Waals surface area (Å²) in [6.45, 7) is 1.94. The maximum atomic E-state index is 5.53. The molecule has 5 nitrogen and oxygen atoms in total. The normalized spacial score (nSPS) is 10.4. The number of benzene rings is 1. The van der Waals surface area contributed by atoms with Gasteiger partial charge in [0.25, 0.3) is 0 Å². The smallest absolute Gasteiger partial charge is 0.222 e. The van der Waals surface area contributed by atoms with Gasteiger partial charge in [-0.15, -0.1) is 0 Å². The van der Waals surface area contributed by atoms with E-state index in [1.165, 1.54) is 0 Å². The molecule has 0 fully saturated rings. The van der Waals surface area contributed by atoms with Crippen LogP contribution in [0.2, 0.25) is 0 Å². The Hall–Kier alpha value is -1.69. The second-order valence-corrected chi connectivity index (χ2v) is 4.57. The summed E-state index contributed by atoms with van der Waals surface area (Å²) in [5.74, 6) is 1.51. The summed E-state index contributed by atoms with van der Waals surface area (Å²) < 4.78 is 16.5. The Kier molecular flexibility index (Phi) is 3.47. The first kappa shape index (κ1) is 12.8. The van der Waals surface area contributed by atoms with Gasteiger partial charge in [-0.05, 0) is 13.0 Å². The quantitative estimate of drug-likeness (QED) is 0.943. The second kappa shape index (κ2) is 4.89. The van der Waals surface area contributed by atoms with Crippen molar-refractivity contribution in [3.8, 4) is 22.8 Å². The first-order chi connectivity index (χ1) is 8.58. The highest BCUT2D eigenvalue weighted by molar-refractivity contribution is 9.10. The van der Waals surface area contributed by atoms with Crippen LogP contribution in [0.5, 0.6) is 11.5 Å². The number of rotatable bonds is 3. The standard InChI is InChI=1S/C12H13BrN2O3/c1-6-8(13)4-7(9-5-10(14)18-15-9)12(17-3)11(6)16-2/h4-5H,14H2,1-3H3. The SMILES string of the molecule is COc1c(-c2cc(N)on2)cc(Br)c(C)c1OC. The molecule has 2 rings (SSSR count). The summed E-state index contributed by atoms with van der Waals surface area (Å²) in [7, 11) is 3.18. The lowest BCUT2D eigenvalue weighted by atomic mass is 10.1. The molecule has 1 heterocycles. The predicted molar refractivity (Wildman–Crippen MR) is 71.9 cm³/mol. The molecule has 96 valence electrons. The van der Waals surface area contributed by atoms with E-state index in [9.17, 15) is 0 Å². The minimum atomic E-state index is 0.253. The van der Waals surface area contributed by atoms with Crippen LogP contribution in [-0.4, -0.2) is 19.4 Å². The van der Waals surface area contributed by atoms with Crippen LogP contribution in [0.3, 0.4) is 0 Å². The van der Waals surface area contributed by atoms with Gasteiger partial charge >= 0.3 is 0 Å². The molecule has 0 aliphatic heterocycles. The molecule has 2 aromatic rings. The van der Waals surface area contributed by atoms with Gasteiger partial charge in [0.2, 0.25) is 5.88 Å². The third kappa shape index (κ3) is 2.03. The van der Waals surface area contributed by atoms with Crippen molar-refractivity contribution in [2.75, 3.05) is 20.0 Å². The molecular weight excluding hydrogens is 300 g/mol. The zero-order valence-corrected chi connectivity index (χ0v) is 11.9. The van der Waals surface area contributed by atoms with E-state index in [4.69, 9.17) is 19.7 Å². The van der Waals surface area contributed by atoms with E-state index in [0.717, 1.165) is 15.6 Å². The molecule has 6 heteroatoms. The van der Waals surface area contributed by atoms with Crippen molar-refractivity contribution in [2.45, 2.75) is 6.92 Å². The lowest BCUT2D eigenvalue weighted by Gasteiger charge is -2.15. The summed E-state index contributed by atoms with van der Waals surface area (Å²) in [5, 5.41) is 3.88. The van der Waals surface area contributed by atoms with Crippen LogP contribution in [0, 0.1) is 6.92 Å². The van der Waals surface area contributed by atoms with Gasteiger partial charge in [0, 0.05) is 16.1 Å². The number of hydrogen-bond donors (Lipinski definition) is 1. The first-order valence-electron chi connectivity index (χ1n) is 5.22. The van der Waals surface area contributed by atoms with Gasteiger partial charge in [0.05, 0.1) is 19.8 Å². The van der Waals surface area contributed by atoms with Crippen molar-refractivity contribution in [3.63, 3.8) is 0 Å². The van der Waals surface area contributed by atoms with Crippen LogP contribution in [0.1, 0.15) is 5.56 Å². The fourth-order valence-corrected chi connectivity index (χ4v) is 2.17. The number of nitrogens with two attached hydrogens (primary N) is 1. The van der Waals surface area contributed by atoms with E-state index in [1.807, 2.05) is 13.0 Å². The Balaban J connectivity index is 2.70. The van der Waals surface area contributed by atoms with Crippen molar-refractivity contribution in [1.82, 2.24) is 5.16 Å². The van der Waals surface area contributed by atoms with Crippen LogP contribution in [0.15, 0.2) is 21.1 Å². The van der Waals surface area contributed by atoms with E-state index in [-0.39, 0.29) is 5.88 Å². The second-order valence-electron chi connectivity index (χ2n) is 3.71. The van der Waals surface area contributed by atoms with E-state index in [0.29, 0.717) is 17.2 Å². The summed E-state index contributed by atoms with van der Waals surface area (Å²) in [6, 6.07) is 3.53. The van der Waals surface area contributed by atoms with Crippen molar-refractivity contribution in [2.24, 2.45) is 0 Å². The monoisotopic (exact) mass is 312 g/mol. The highest BCUT2D eigenvalue weighted by Gasteiger charge is 2.19. The van der Waals surface area contributed by atoms with Crippen LogP contribution < -0.4 is 15.2 Å². The summed E-state index contributed by atoms with van der Waals surface area (Å²) >= 11 is 3.48. The van der Waals surface area contributed by atoms with Gasteiger partial charge in [-0.2, -0.15) is 0 Å². The summed E-state index contributed by atoms with van der Waals surface area (Å²) in [6.07, 6.45) is 0. The number of anilines is 1. The molecule has 0 amide bonds. The molecule has 1 aromatic heterocycles.